The number of hydrogen-bond donors (Lipinski definition) is 0. The Balaban J connectivity index is 1.83. The van der Waals surface area contributed by atoms with Gasteiger partial charge in [-0.2, -0.15) is 0 Å². The van der Waals surface area contributed by atoms with Gasteiger partial charge in [0.15, 0.2) is 11.8 Å². The van der Waals surface area contributed by atoms with E-state index in [-0.39, 0.29) is 0 Å². The number of aromatic nitrogens is 4. The smallest absolute Gasteiger partial charge is 0.231 e. The first-order chi connectivity index (χ1) is 12.4. The summed E-state index contributed by atoms with van der Waals surface area (Å²) >= 11 is 0. The van der Waals surface area contributed by atoms with Gasteiger partial charge in [-0.05, 0) is 24.3 Å². The van der Waals surface area contributed by atoms with Gasteiger partial charge in [0.2, 0.25) is 5.82 Å². The molecule has 0 atom stereocenters. The molecule has 0 unspecified atom stereocenters. The third-order valence-electron chi connectivity index (χ3n) is 5.10. The maximum atomic E-state index is 4.33. The Bertz CT molecular complexity index is 1260. The van der Waals surface area contributed by atoms with E-state index in [9.17, 15) is 0 Å². The van der Waals surface area contributed by atoms with E-state index in [1.165, 1.54) is 33.8 Å². The summed E-state index contributed by atoms with van der Waals surface area (Å²) in [7, 11) is 0. The number of imidazole rings is 1. The minimum atomic E-state index is 0.892. The van der Waals surface area contributed by atoms with Crippen LogP contribution in [0.1, 0.15) is 5.56 Å². The highest BCUT2D eigenvalue weighted by Crippen LogP contribution is 2.34. The first kappa shape index (κ1) is 13.0. The Hall–Kier alpha value is -3.40. The van der Waals surface area contributed by atoms with Gasteiger partial charge in [0.1, 0.15) is 11.2 Å². The summed E-state index contributed by atoms with van der Waals surface area (Å²) in [6.07, 6.45) is 3.75. The Morgan fingerprint density at radius 2 is 1.76 bits per heavy atom. The second-order valence-corrected chi connectivity index (χ2v) is 6.47. The van der Waals surface area contributed by atoms with Crippen molar-refractivity contribution in [3.63, 3.8) is 0 Å². The number of hydrogen-bond acceptors (Lipinski definition) is 1. The molecule has 4 heterocycles. The summed E-state index contributed by atoms with van der Waals surface area (Å²) in [6.45, 7) is 0.892. The third kappa shape index (κ3) is 1.61. The highest BCUT2D eigenvalue weighted by molar-refractivity contribution is 5.84. The number of benzene rings is 2. The minimum Gasteiger partial charge on any atom is -0.231 e. The van der Waals surface area contributed by atoms with E-state index < -0.39 is 0 Å². The quantitative estimate of drug-likeness (QED) is 0.425. The van der Waals surface area contributed by atoms with Crippen molar-refractivity contribution in [3.05, 3.63) is 84.8 Å². The van der Waals surface area contributed by atoms with Crippen LogP contribution in [0.3, 0.4) is 0 Å². The van der Waals surface area contributed by atoms with Crippen LogP contribution in [-0.4, -0.2) is 14.0 Å². The van der Waals surface area contributed by atoms with Crippen molar-refractivity contribution < 1.29 is 4.57 Å². The van der Waals surface area contributed by atoms with Gasteiger partial charge < -0.3 is 0 Å². The molecule has 4 nitrogen and oxygen atoms in total. The molecule has 0 fully saturated rings. The summed E-state index contributed by atoms with van der Waals surface area (Å²) in [5.41, 5.74) is 7.42. The van der Waals surface area contributed by atoms with Crippen molar-refractivity contribution >= 4 is 16.7 Å². The van der Waals surface area contributed by atoms with Crippen molar-refractivity contribution in [2.75, 3.05) is 0 Å². The summed E-state index contributed by atoms with van der Waals surface area (Å²) in [5, 5.41) is 0. The number of fused-ring (bicyclic) bond motifs is 7. The Morgan fingerprint density at radius 3 is 2.68 bits per heavy atom. The molecule has 0 aliphatic carbocycles. The van der Waals surface area contributed by atoms with Crippen LogP contribution < -0.4 is 4.57 Å². The predicted molar refractivity (Wildman–Crippen MR) is 96.8 cm³/mol. The monoisotopic (exact) mass is 323 g/mol. The molecule has 1 aliphatic rings. The van der Waals surface area contributed by atoms with Crippen molar-refractivity contribution in [3.8, 4) is 17.1 Å². The van der Waals surface area contributed by atoms with Crippen molar-refractivity contribution in [2.45, 2.75) is 6.54 Å². The molecule has 4 heteroatoms. The molecule has 0 bridgehead atoms. The van der Waals surface area contributed by atoms with E-state index >= 15 is 0 Å². The second-order valence-electron chi connectivity index (χ2n) is 6.47. The molecular formula is C21H15N4+. The van der Waals surface area contributed by atoms with Crippen molar-refractivity contribution in [2.24, 2.45) is 0 Å². The van der Waals surface area contributed by atoms with E-state index in [1.54, 1.807) is 0 Å². The zero-order valence-corrected chi connectivity index (χ0v) is 13.5. The molecule has 118 valence electrons. The molecule has 0 amide bonds. The van der Waals surface area contributed by atoms with Crippen LogP contribution in [-0.2, 0) is 6.54 Å². The number of para-hydroxylation sites is 1. The van der Waals surface area contributed by atoms with Gasteiger partial charge in [-0.15, -0.1) is 0 Å². The van der Waals surface area contributed by atoms with E-state index in [4.69, 9.17) is 0 Å². The largest absolute Gasteiger partial charge is 0.275 e. The molecule has 2 aromatic carbocycles. The molecule has 0 saturated carbocycles. The van der Waals surface area contributed by atoms with Gasteiger partial charge in [0.25, 0.3) is 5.65 Å². The first-order valence-corrected chi connectivity index (χ1v) is 8.45. The Labute approximate surface area is 144 Å². The van der Waals surface area contributed by atoms with E-state index in [0.717, 1.165) is 12.1 Å². The van der Waals surface area contributed by atoms with Crippen LogP contribution in [0.5, 0.6) is 0 Å². The van der Waals surface area contributed by atoms with Gasteiger partial charge in [-0.1, -0.05) is 36.4 Å². The van der Waals surface area contributed by atoms with Gasteiger partial charge in [0, 0.05) is 17.8 Å². The SMILES string of the molecule is c1ccc(-n2c3[n+](c4c2cc2ccncn24)Cc2ccccc2-3)cc1. The standard InChI is InChI=1S/C21H15N4/c1-2-7-16(8-3-1)25-19-12-17-10-11-22-14-24(17)21(19)23-13-15-6-4-5-9-18(15)20(23)25/h1-12,14H,13H2/q+1. The molecule has 0 N–H and O–H groups in total. The maximum absolute atomic E-state index is 4.33. The van der Waals surface area contributed by atoms with Crippen molar-refractivity contribution in [1.29, 1.82) is 0 Å². The summed E-state index contributed by atoms with van der Waals surface area (Å²) in [6, 6.07) is 23.6. The Kier molecular flexibility index (Phi) is 2.37. The highest BCUT2D eigenvalue weighted by Gasteiger charge is 2.34. The molecule has 0 spiro atoms. The predicted octanol–water partition coefficient (Wildman–Crippen LogP) is 3.59. The molecular weight excluding hydrogens is 308 g/mol. The zero-order chi connectivity index (χ0) is 16.4. The summed E-state index contributed by atoms with van der Waals surface area (Å²) < 4.78 is 6.96. The molecule has 25 heavy (non-hydrogen) atoms. The topological polar surface area (TPSA) is 26.1 Å². The molecule has 5 aromatic rings. The summed E-state index contributed by atoms with van der Waals surface area (Å²) in [4.78, 5) is 4.33. The lowest BCUT2D eigenvalue weighted by atomic mass is 10.1. The molecule has 1 aliphatic heterocycles. The van der Waals surface area contributed by atoms with Crippen LogP contribution in [0.4, 0.5) is 0 Å². The van der Waals surface area contributed by atoms with Gasteiger partial charge in [-0.25, -0.2) is 18.5 Å². The fourth-order valence-electron chi connectivity index (χ4n) is 4.06. The molecule has 3 aromatic heterocycles. The molecule has 6 rings (SSSR count). The van der Waals surface area contributed by atoms with Crippen LogP contribution >= 0.6 is 0 Å². The minimum absolute atomic E-state index is 0.892. The van der Waals surface area contributed by atoms with Crippen LogP contribution in [0.25, 0.3) is 33.8 Å². The van der Waals surface area contributed by atoms with Gasteiger partial charge in [0.05, 0.1) is 12.1 Å². The van der Waals surface area contributed by atoms with Crippen LogP contribution in [0.2, 0.25) is 0 Å². The third-order valence-corrected chi connectivity index (χ3v) is 5.10. The average Bonchev–Trinajstić information content (AvgIpc) is 3.29. The van der Waals surface area contributed by atoms with E-state index in [1.807, 2.05) is 12.5 Å². The lowest BCUT2D eigenvalue weighted by molar-refractivity contribution is -0.648. The summed E-state index contributed by atoms with van der Waals surface area (Å²) in [5.74, 6) is 1.24. The lowest BCUT2D eigenvalue weighted by Gasteiger charge is -2.03. The fourth-order valence-corrected chi connectivity index (χ4v) is 4.06. The van der Waals surface area contributed by atoms with Gasteiger partial charge in [-0.3, -0.25) is 0 Å². The zero-order valence-electron chi connectivity index (χ0n) is 13.5. The Morgan fingerprint density at radius 1 is 0.920 bits per heavy atom. The normalized spacial score (nSPS) is 12.6. The van der Waals surface area contributed by atoms with E-state index in [0.29, 0.717) is 0 Å². The fraction of sp³-hybridized carbons (Fsp3) is 0.0476. The van der Waals surface area contributed by atoms with E-state index in [2.05, 4.69) is 85.2 Å². The maximum Gasteiger partial charge on any atom is 0.275 e. The lowest BCUT2D eigenvalue weighted by Crippen LogP contribution is -2.32. The molecule has 0 saturated heterocycles. The average molecular weight is 323 g/mol. The second kappa shape index (κ2) is 4.57. The van der Waals surface area contributed by atoms with Crippen molar-refractivity contribution in [1.82, 2.24) is 14.0 Å². The van der Waals surface area contributed by atoms with Gasteiger partial charge >= 0.3 is 0 Å². The number of nitrogens with zero attached hydrogens (tertiary/aromatic N) is 4. The van der Waals surface area contributed by atoms with Crippen LogP contribution in [0.15, 0.2) is 79.3 Å². The number of rotatable bonds is 1. The first-order valence-electron chi connectivity index (χ1n) is 8.45. The van der Waals surface area contributed by atoms with Crippen LogP contribution in [0, 0.1) is 0 Å². The molecule has 0 radical (unpaired) electrons. The highest BCUT2D eigenvalue weighted by atomic mass is 15.2.